The lowest BCUT2D eigenvalue weighted by molar-refractivity contribution is -0.134. The molecule has 1 unspecified atom stereocenters. The standard InChI is InChI=1S/C18H20O2/c1-13-8-7-9-14(2)18(13)20-17(19)12-15(3)16-10-5-4-6-11-16/h4-11,15H,12H2,1-3H3. The van der Waals surface area contributed by atoms with E-state index in [0.717, 1.165) is 16.7 Å². The smallest absolute Gasteiger partial charge is 0.311 e. The summed E-state index contributed by atoms with van der Waals surface area (Å²) in [5.74, 6) is 0.671. The van der Waals surface area contributed by atoms with Gasteiger partial charge in [-0.05, 0) is 36.5 Å². The molecule has 0 heterocycles. The molecule has 0 aliphatic carbocycles. The summed E-state index contributed by atoms with van der Waals surface area (Å²) in [5, 5.41) is 0. The van der Waals surface area contributed by atoms with E-state index in [1.165, 1.54) is 0 Å². The molecular formula is C18H20O2. The quantitative estimate of drug-likeness (QED) is 0.606. The van der Waals surface area contributed by atoms with Gasteiger partial charge < -0.3 is 4.74 Å². The minimum atomic E-state index is -0.182. The fourth-order valence-electron chi connectivity index (χ4n) is 2.27. The van der Waals surface area contributed by atoms with Gasteiger partial charge in [-0.3, -0.25) is 4.79 Å². The second-order valence-electron chi connectivity index (χ2n) is 5.21. The summed E-state index contributed by atoms with van der Waals surface area (Å²) in [4.78, 5) is 12.1. The van der Waals surface area contributed by atoms with Gasteiger partial charge in [0.25, 0.3) is 0 Å². The van der Waals surface area contributed by atoms with Crippen molar-refractivity contribution in [3.63, 3.8) is 0 Å². The first-order chi connectivity index (χ1) is 9.58. The Morgan fingerprint density at radius 3 is 2.20 bits per heavy atom. The zero-order chi connectivity index (χ0) is 14.5. The van der Waals surface area contributed by atoms with E-state index >= 15 is 0 Å². The Hall–Kier alpha value is -2.09. The van der Waals surface area contributed by atoms with E-state index < -0.39 is 0 Å². The highest BCUT2D eigenvalue weighted by Crippen LogP contribution is 2.25. The van der Waals surface area contributed by atoms with Crippen LogP contribution in [0.3, 0.4) is 0 Å². The Kier molecular flexibility index (Phi) is 4.57. The molecule has 0 spiro atoms. The van der Waals surface area contributed by atoms with E-state index in [0.29, 0.717) is 12.2 Å². The largest absolute Gasteiger partial charge is 0.426 e. The number of esters is 1. The van der Waals surface area contributed by atoms with Crippen LogP contribution in [0.2, 0.25) is 0 Å². The molecule has 104 valence electrons. The van der Waals surface area contributed by atoms with Crippen LogP contribution in [-0.2, 0) is 4.79 Å². The number of hydrogen-bond donors (Lipinski definition) is 0. The van der Waals surface area contributed by atoms with Crippen LogP contribution >= 0.6 is 0 Å². The normalized spacial score (nSPS) is 11.9. The Morgan fingerprint density at radius 1 is 1.00 bits per heavy atom. The predicted molar refractivity (Wildman–Crippen MR) is 81.0 cm³/mol. The van der Waals surface area contributed by atoms with Gasteiger partial charge in [0.2, 0.25) is 0 Å². The maximum atomic E-state index is 12.1. The van der Waals surface area contributed by atoms with Crippen molar-refractivity contribution in [3.05, 3.63) is 65.2 Å². The first-order valence-electron chi connectivity index (χ1n) is 6.89. The number of rotatable bonds is 4. The van der Waals surface area contributed by atoms with E-state index in [1.54, 1.807) is 0 Å². The molecular weight excluding hydrogens is 248 g/mol. The predicted octanol–water partition coefficient (Wildman–Crippen LogP) is 4.40. The summed E-state index contributed by atoms with van der Waals surface area (Å²) in [7, 11) is 0. The van der Waals surface area contributed by atoms with Crippen LogP contribution in [0.5, 0.6) is 5.75 Å². The average molecular weight is 268 g/mol. The second-order valence-corrected chi connectivity index (χ2v) is 5.21. The van der Waals surface area contributed by atoms with Crippen molar-refractivity contribution >= 4 is 5.97 Å². The molecule has 1 atom stereocenters. The van der Waals surface area contributed by atoms with Gasteiger partial charge in [-0.2, -0.15) is 0 Å². The number of carbonyl (C=O) groups excluding carboxylic acids is 1. The molecule has 0 amide bonds. The fourth-order valence-corrected chi connectivity index (χ4v) is 2.27. The molecule has 0 fully saturated rings. The third-order valence-corrected chi connectivity index (χ3v) is 3.47. The molecule has 2 heteroatoms. The SMILES string of the molecule is Cc1cccc(C)c1OC(=O)CC(C)c1ccccc1. The van der Waals surface area contributed by atoms with Crippen LogP contribution in [0.4, 0.5) is 0 Å². The maximum Gasteiger partial charge on any atom is 0.311 e. The monoisotopic (exact) mass is 268 g/mol. The molecule has 0 bridgehead atoms. The molecule has 0 saturated heterocycles. The van der Waals surface area contributed by atoms with Crippen LogP contribution in [0, 0.1) is 13.8 Å². The van der Waals surface area contributed by atoms with Gasteiger partial charge in [0.15, 0.2) is 0 Å². The summed E-state index contributed by atoms with van der Waals surface area (Å²) < 4.78 is 5.53. The van der Waals surface area contributed by atoms with Crippen LogP contribution < -0.4 is 4.74 Å². The highest BCUT2D eigenvalue weighted by atomic mass is 16.5. The van der Waals surface area contributed by atoms with Gasteiger partial charge in [0, 0.05) is 0 Å². The minimum Gasteiger partial charge on any atom is -0.426 e. The molecule has 0 aliphatic rings. The fraction of sp³-hybridized carbons (Fsp3) is 0.278. The van der Waals surface area contributed by atoms with Crippen molar-refractivity contribution in [1.29, 1.82) is 0 Å². The molecule has 0 saturated carbocycles. The molecule has 20 heavy (non-hydrogen) atoms. The summed E-state index contributed by atoms with van der Waals surface area (Å²) in [6.07, 6.45) is 0.387. The van der Waals surface area contributed by atoms with Gasteiger partial charge in [-0.25, -0.2) is 0 Å². The van der Waals surface area contributed by atoms with Gasteiger partial charge in [-0.1, -0.05) is 55.5 Å². The molecule has 0 N–H and O–H groups in total. The van der Waals surface area contributed by atoms with E-state index in [1.807, 2.05) is 69.3 Å². The zero-order valence-electron chi connectivity index (χ0n) is 12.2. The topological polar surface area (TPSA) is 26.3 Å². The Morgan fingerprint density at radius 2 is 1.60 bits per heavy atom. The Bertz CT molecular complexity index is 567. The highest BCUT2D eigenvalue weighted by molar-refractivity contribution is 5.74. The number of aryl methyl sites for hydroxylation is 2. The zero-order valence-corrected chi connectivity index (χ0v) is 12.2. The molecule has 2 rings (SSSR count). The van der Waals surface area contributed by atoms with Crippen LogP contribution in [0.15, 0.2) is 48.5 Å². The van der Waals surface area contributed by atoms with E-state index in [9.17, 15) is 4.79 Å². The molecule has 2 aromatic rings. The van der Waals surface area contributed by atoms with Crippen LogP contribution in [-0.4, -0.2) is 5.97 Å². The first kappa shape index (κ1) is 14.3. The Labute approximate surface area is 120 Å². The van der Waals surface area contributed by atoms with Gasteiger partial charge >= 0.3 is 5.97 Å². The maximum absolute atomic E-state index is 12.1. The second kappa shape index (κ2) is 6.38. The number of hydrogen-bond acceptors (Lipinski definition) is 2. The summed E-state index contributed by atoms with van der Waals surface area (Å²) in [6, 6.07) is 15.9. The minimum absolute atomic E-state index is 0.160. The lowest BCUT2D eigenvalue weighted by Gasteiger charge is -2.13. The van der Waals surface area contributed by atoms with Crippen LogP contribution in [0.1, 0.15) is 36.0 Å². The van der Waals surface area contributed by atoms with E-state index in [4.69, 9.17) is 4.74 Å². The lowest BCUT2D eigenvalue weighted by Crippen LogP contribution is -2.13. The number of benzene rings is 2. The van der Waals surface area contributed by atoms with E-state index in [2.05, 4.69) is 0 Å². The molecule has 0 aliphatic heterocycles. The third-order valence-electron chi connectivity index (χ3n) is 3.47. The Balaban J connectivity index is 2.03. The number of ether oxygens (including phenoxy) is 1. The van der Waals surface area contributed by atoms with Crippen molar-refractivity contribution in [1.82, 2.24) is 0 Å². The van der Waals surface area contributed by atoms with Crippen molar-refractivity contribution in [3.8, 4) is 5.75 Å². The van der Waals surface area contributed by atoms with Crippen LogP contribution in [0.25, 0.3) is 0 Å². The number of para-hydroxylation sites is 1. The van der Waals surface area contributed by atoms with Gasteiger partial charge in [0.05, 0.1) is 6.42 Å². The average Bonchev–Trinajstić information content (AvgIpc) is 2.44. The third kappa shape index (κ3) is 3.47. The van der Waals surface area contributed by atoms with Crippen molar-refractivity contribution in [2.75, 3.05) is 0 Å². The lowest BCUT2D eigenvalue weighted by atomic mass is 9.98. The molecule has 0 aromatic heterocycles. The van der Waals surface area contributed by atoms with Crippen molar-refractivity contribution in [2.24, 2.45) is 0 Å². The van der Waals surface area contributed by atoms with E-state index in [-0.39, 0.29) is 11.9 Å². The highest BCUT2D eigenvalue weighted by Gasteiger charge is 2.14. The molecule has 2 nitrogen and oxygen atoms in total. The molecule has 2 aromatic carbocycles. The summed E-state index contributed by atoms with van der Waals surface area (Å²) in [6.45, 7) is 5.95. The van der Waals surface area contributed by atoms with Gasteiger partial charge in [0.1, 0.15) is 5.75 Å². The first-order valence-corrected chi connectivity index (χ1v) is 6.89. The van der Waals surface area contributed by atoms with Crippen molar-refractivity contribution < 1.29 is 9.53 Å². The molecule has 0 radical (unpaired) electrons. The number of carbonyl (C=O) groups is 1. The van der Waals surface area contributed by atoms with Crippen molar-refractivity contribution in [2.45, 2.75) is 33.1 Å². The van der Waals surface area contributed by atoms with Gasteiger partial charge in [-0.15, -0.1) is 0 Å². The summed E-state index contributed by atoms with van der Waals surface area (Å²) in [5.41, 5.74) is 3.14. The summed E-state index contributed by atoms with van der Waals surface area (Å²) >= 11 is 0.